The van der Waals surface area contributed by atoms with Crippen molar-refractivity contribution < 1.29 is 9.53 Å². The molecule has 2 fully saturated rings. The third kappa shape index (κ3) is 4.96. The standard InChI is InChI=1S/C23H29N5O3/c1-31-20-12-16(6-9-25-20)18-11-19(23(30)26-13-18)27-22(15-4-5-15)17-7-10-28(14-17)21(29)3-2-8-24/h2-3,6,9,11-13,15,17,22,27H,4-5,7-8,10,14,24H2,1H3,(H,26,30)/b3-2+/t17?,22-/m1/s1. The van der Waals surface area contributed by atoms with E-state index in [4.69, 9.17) is 10.5 Å². The van der Waals surface area contributed by atoms with Crippen molar-refractivity contribution in [3.8, 4) is 17.0 Å². The number of carbonyl (C=O) groups is 1. The molecule has 164 valence electrons. The number of aromatic amines is 1. The zero-order chi connectivity index (χ0) is 21.8. The molecule has 8 heteroatoms. The Bertz CT molecular complexity index is 1010. The third-order valence-corrected chi connectivity index (χ3v) is 6.07. The Balaban J connectivity index is 1.52. The lowest BCUT2D eigenvalue weighted by Gasteiger charge is -2.26. The normalized spacial score (nSPS) is 19.5. The van der Waals surface area contributed by atoms with Gasteiger partial charge in [-0.1, -0.05) is 6.08 Å². The van der Waals surface area contributed by atoms with Gasteiger partial charge in [-0.15, -0.1) is 0 Å². The molecule has 0 aromatic carbocycles. The van der Waals surface area contributed by atoms with Gasteiger partial charge in [-0.3, -0.25) is 9.59 Å². The van der Waals surface area contributed by atoms with Crippen molar-refractivity contribution >= 4 is 11.6 Å². The van der Waals surface area contributed by atoms with Crippen LogP contribution in [0.4, 0.5) is 5.69 Å². The monoisotopic (exact) mass is 423 g/mol. The number of methoxy groups -OCH3 is 1. The molecule has 1 unspecified atom stereocenters. The minimum Gasteiger partial charge on any atom is -0.481 e. The Hall–Kier alpha value is -3.13. The van der Waals surface area contributed by atoms with Crippen molar-refractivity contribution in [3.05, 3.63) is 53.1 Å². The third-order valence-electron chi connectivity index (χ3n) is 6.07. The molecule has 1 aliphatic carbocycles. The van der Waals surface area contributed by atoms with Crippen molar-refractivity contribution in [2.45, 2.75) is 25.3 Å². The fraction of sp³-hybridized carbons (Fsp3) is 0.435. The number of H-pyrrole nitrogens is 1. The highest BCUT2D eigenvalue weighted by Gasteiger charge is 2.40. The quantitative estimate of drug-likeness (QED) is 0.560. The number of anilines is 1. The van der Waals surface area contributed by atoms with E-state index >= 15 is 0 Å². The van der Waals surface area contributed by atoms with E-state index in [-0.39, 0.29) is 17.5 Å². The maximum absolute atomic E-state index is 12.6. The van der Waals surface area contributed by atoms with Crippen LogP contribution in [0, 0.1) is 11.8 Å². The highest BCUT2D eigenvalue weighted by atomic mass is 16.5. The molecule has 0 bridgehead atoms. The minimum atomic E-state index is -0.146. The summed E-state index contributed by atoms with van der Waals surface area (Å²) in [5.41, 5.74) is 7.66. The smallest absolute Gasteiger partial charge is 0.271 e. The Labute approximate surface area is 181 Å². The number of carbonyl (C=O) groups excluding carboxylic acids is 1. The summed E-state index contributed by atoms with van der Waals surface area (Å²) in [5, 5.41) is 3.53. The van der Waals surface area contributed by atoms with Gasteiger partial charge in [0.05, 0.1) is 7.11 Å². The van der Waals surface area contributed by atoms with Gasteiger partial charge in [-0.25, -0.2) is 4.98 Å². The predicted octanol–water partition coefficient (Wildman–Crippen LogP) is 2.00. The molecule has 0 radical (unpaired) electrons. The number of rotatable bonds is 8. The summed E-state index contributed by atoms with van der Waals surface area (Å²) in [6, 6.07) is 5.77. The number of nitrogens with two attached hydrogens (primary N) is 1. The topological polar surface area (TPSA) is 113 Å². The zero-order valence-corrected chi connectivity index (χ0v) is 17.7. The van der Waals surface area contributed by atoms with E-state index in [2.05, 4.69) is 15.3 Å². The summed E-state index contributed by atoms with van der Waals surface area (Å²) in [7, 11) is 1.58. The summed E-state index contributed by atoms with van der Waals surface area (Å²) in [6.07, 6.45) is 9.85. The number of hydrogen-bond donors (Lipinski definition) is 3. The first kappa shape index (κ1) is 21.1. The van der Waals surface area contributed by atoms with Crippen molar-refractivity contribution in [3.63, 3.8) is 0 Å². The lowest BCUT2D eigenvalue weighted by atomic mass is 9.94. The second-order valence-corrected chi connectivity index (χ2v) is 8.20. The van der Waals surface area contributed by atoms with Crippen LogP contribution in [0.2, 0.25) is 0 Å². The van der Waals surface area contributed by atoms with E-state index in [9.17, 15) is 9.59 Å². The first-order valence-corrected chi connectivity index (χ1v) is 10.7. The summed E-state index contributed by atoms with van der Waals surface area (Å²) in [5.74, 6) is 1.37. The molecule has 1 aliphatic heterocycles. The summed E-state index contributed by atoms with van der Waals surface area (Å²) >= 11 is 0. The Morgan fingerprint density at radius 1 is 1.35 bits per heavy atom. The first-order chi connectivity index (χ1) is 15.1. The molecule has 2 aromatic heterocycles. The van der Waals surface area contributed by atoms with Crippen LogP contribution >= 0.6 is 0 Å². The molecule has 1 amide bonds. The number of pyridine rings is 2. The summed E-state index contributed by atoms with van der Waals surface area (Å²) < 4.78 is 5.21. The van der Waals surface area contributed by atoms with E-state index in [0.29, 0.717) is 36.5 Å². The summed E-state index contributed by atoms with van der Waals surface area (Å²) in [4.78, 5) is 33.7. The maximum Gasteiger partial charge on any atom is 0.271 e. The van der Waals surface area contributed by atoms with Gasteiger partial charge in [0, 0.05) is 55.8 Å². The molecule has 2 aliphatic rings. The number of hydrogen-bond acceptors (Lipinski definition) is 6. The maximum atomic E-state index is 12.6. The molecular weight excluding hydrogens is 394 g/mol. The molecule has 4 N–H and O–H groups in total. The van der Waals surface area contributed by atoms with Gasteiger partial charge in [0.15, 0.2) is 0 Å². The average Bonchev–Trinajstić information content (AvgIpc) is 3.52. The van der Waals surface area contributed by atoms with E-state index in [1.807, 2.05) is 23.1 Å². The van der Waals surface area contributed by atoms with Gasteiger partial charge in [0.25, 0.3) is 5.56 Å². The van der Waals surface area contributed by atoms with E-state index in [0.717, 1.165) is 36.9 Å². The highest BCUT2D eigenvalue weighted by molar-refractivity contribution is 5.87. The van der Waals surface area contributed by atoms with Gasteiger partial charge in [-0.05, 0) is 48.8 Å². The molecular formula is C23H29N5O3. The van der Waals surface area contributed by atoms with Gasteiger partial charge in [-0.2, -0.15) is 0 Å². The van der Waals surface area contributed by atoms with E-state index in [1.165, 1.54) is 0 Å². The molecule has 2 aromatic rings. The Kier molecular flexibility index (Phi) is 6.36. The van der Waals surface area contributed by atoms with Gasteiger partial charge in [0.1, 0.15) is 5.69 Å². The molecule has 4 rings (SSSR count). The first-order valence-electron chi connectivity index (χ1n) is 10.7. The number of aromatic nitrogens is 2. The van der Waals surface area contributed by atoms with Crippen LogP contribution in [0.25, 0.3) is 11.1 Å². The fourth-order valence-electron chi connectivity index (χ4n) is 4.27. The molecule has 31 heavy (non-hydrogen) atoms. The van der Waals surface area contributed by atoms with Crippen molar-refractivity contribution in [1.82, 2.24) is 14.9 Å². The fourth-order valence-corrected chi connectivity index (χ4v) is 4.27. The van der Waals surface area contributed by atoms with Crippen LogP contribution in [0.3, 0.4) is 0 Å². The number of amides is 1. The van der Waals surface area contributed by atoms with Gasteiger partial charge in [0.2, 0.25) is 11.8 Å². The van der Waals surface area contributed by atoms with Crippen LogP contribution in [0.15, 0.2) is 47.5 Å². The SMILES string of the molecule is COc1cc(-c2c[nH]c(=O)c(N[C@H](C3CC3)C3CCN(C(=O)/C=C/CN)C3)c2)ccn1. The zero-order valence-electron chi connectivity index (χ0n) is 17.7. The average molecular weight is 424 g/mol. The van der Waals surface area contributed by atoms with Crippen LogP contribution in [0.5, 0.6) is 5.88 Å². The van der Waals surface area contributed by atoms with Crippen molar-refractivity contribution in [1.29, 1.82) is 0 Å². The largest absolute Gasteiger partial charge is 0.481 e. The lowest BCUT2D eigenvalue weighted by molar-refractivity contribution is -0.125. The van der Waals surface area contributed by atoms with Crippen molar-refractivity contribution in [2.75, 3.05) is 32.1 Å². The number of likely N-dealkylation sites (tertiary alicyclic amines) is 1. The molecule has 2 atom stereocenters. The van der Waals surface area contributed by atoms with E-state index in [1.54, 1.807) is 31.7 Å². The van der Waals surface area contributed by atoms with Crippen molar-refractivity contribution in [2.24, 2.45) is 17.6 Å². The molecule has 1 saturated carbocycles. The molecule has 8 nitrogen and oxygen atoms in total. The molecule has 3 heterocycles. The molecule has 1 saturated heterocycles. The van der Waals surface area contributed by atoms with E-state index < -0.39 is 0 Å². The van der Waals surface area contributed by atoms with Crippen LogP contribution in [-0.4, -0.2) is 53.6 Å². The second-order valence-electron chi connectivity index (χ2n) is 8.20. The van der Waals surface area contributed by atoms with Crippen LogP contribution in [-0.2, 0) is 4.79 Å². The highest BCUT2D eigenvalue weighted by Crippen LogP contribution is 2.40. The molecule has 0 spiro atoms. The number of ether oxygens (including phenoxy) is 1. The lowest BCUT2D eigenvalue weighted by Crippen LogP contribution is -2.36. The number of nitrogens with one attached hydrogen (secondary N) is 2. The van der Waals surface area contributed by atoms with Crippen LogP contribution in [0.1, 0.15) is 19.3 Å². The Morgan fingerprint density at radius 3 is 2.94 bits per heavy atom. The number of nitrogens with zero attached hydrogens (tertiary/aromatic N) is 2. The Morgan fingerprint density at radius 2 is 2.19 bits per heavy atom. The van der Waals surface area contributed by atoms with Gasteiger partial charge < -0.3 is 25.7 Å². The van der Waals surface area contributed by atoms with Crippen LogP contribution < -0.4 is 21.3 Å². The summed E-state index contributed by atoms with van der Waals surface area (Å²) in [6.45, 7) is 1.79. The second kappa shape index (κ2) is 9.34. The minimum absolute atomic E-state index is 0.00831. The predicted molar refractivity (Wildman–Crippen MR) is 120 cm³/mol. The van der Waals surface area contributed by atoms with Gasteiger partial charge >= 0.3 is 0 Å².